The lowest BCUT2D eigenvalue weighted by atomic mass is 9.92. The molecule has 0 radical (unpaired) electrons. The third-order valence-corrected chi connectivity index (χ3v) is 8.96. The monoisotopic (exact) mass is 612 g/mol. The third kappa shape index (κ3) is 5.76. The summed E-state index contributed by atoms with van der Waals surface area (Å²) in [5.41, 5.74) is 5.21. The summed E-state index contributed by atoms with van der Waals surface area (Å²) in [6.07, 6.45) is 5.83. The number of aliphatic hydroxyl groups excluding tert-OH is 1. The summed E-state index contributed by atoms with van der Waals surface area (Å²) < 4.78 is 19.9. The van der Waals surface area contributed by atoms with Crippen molar-refractivity contribution in [3.63, 3.8) is 0 Å². The highest BCUT2D eigenvalue weighted by Gasteiger charge is 2.33. The smallest absolute Gasteiger partial charge is 0.388 e. The molecule has 0 unspecified atom stereocenters. The van der Waals surface area contributed by atoms with Gasteiger partial charge < -0.3 is 14.6 Å². The van der Waals surface area contributed by atoms with Gasteiger partial charge in [-0.25, -0.2) is 9.31 Å². The second-order valence-electron chi connectivity index (χ2n) is 11.9. The largest absolute Gasteiger partial charge is 0.439 e. The first-order chi connectivity index (χ1) is 22.0. The van der Waals surface area contributed by atoms with Crippen molar-refractivity contribution in [2.45, 2.75) is 76.2 Å². The van der Waals surface area contributed by atoms with E-state index in [4.69, 9.17) is 14.0 Å². The maximum absolute atomic E-state index is 14.3. The lowest BCUT2D eigenvalue weighted by Gasteiger charge is -2.32. The van der Waals surface area contributed by atoms with Crippen molar-refractivity contribution in [2.75, 3.05) is 13.2 Å². The average molecular weight is 613 g/mol. The van der Waals surface area contributed by atoms with Crippen LogP contribution >= 0.6 is 0 Å². The number of aliphatic hydroxyl groups is 1. The highest BCUT2D eigenvalue weighted by Crippen LogP contribution is 2.33. The number of benzene rings is 2. The van der Waals surface area contributed by atoms with Crippen LogP contribution < -0.4 is 11.3 Å². The molecule has 3 aromatic heterocycles. The molecule has 2 N–H and O–H groups in total. The summed E-state index contributed by atoms with van der Waals surface area (Å²) in [5, 5.41) is 18.5. The summed E-state index contributed by atoms with van der Waals surface area (Å²) in [4.78, 5) is 33.1. The molecule has 0 bridgehead atoms. The Labute approximate surface area is 258 Å². The van der Waals surface area contributed by atoms with Gasteiger partial charge in [0.25, 0.3) is 5.56 Å². The number of nitrogens with one attached hydrogen (secondary N) is 1. The standard InChI is InChI=1S/C33H36N6O6/c1-2-5-27-26(16-20-8-10-21(11-9-20)24-6-3-4-7-25(24)30-36-33(42)45-37-30)31(41)38(32-34-19-35-39(27)32)22-12-14-23(15-13-22)44-29-18-43-17-28(29)40/h3-4,6-11,19,22-23,28-29,40H,2,5,12-18H2,1H3,(H,36,37,42)/t22?,23?,28-,29-/m1/s1. The molecule has 12 heteroatoms. The zero-order chi connectivity index (χ0) is 30.9. The summed E-state index contributed by atoms with van der Waals surface area (Å²) >= 11 is 0. The SMILES string of the molecule is CCCc1c(Cc2ccc(-c3ccccc3-c3noc(=O)[nH]3)cc2)c(=O)n(C2CCC(O[C@@H]3COC[C@H]3O)CC2)c2ncnn12. The first-order valence-electron chi connectivity index (χ1n) is 15.6. The molecule has 45 heavy (non-hydrogen) atoms. The van der Waals surface area contributed by atoms with E-state index in [2.05, 4.69) is 27.1 Å². The van der Waals surface area contributed by atoms with Gasteiger partial charge in [0.2, 0.25) is 5.78 Å². The van der Waals surface area contributed by atoms with E-state index in [1.165, 1.54) is 6.33 Å². The lowest BCUT2D eigenvalue weighted by molar-refractivity contribution is -0.0712. The highest BCUT2D eigenvalue weighted by molar-refractivity contribution is 5.80. The van der Waals surface area contributed by atoms with Crippen molar-refractivity contribution in [3.05, 3.63) is 92.6 Å². The Balaban J connectivity index is 1.17. The van der Waals surface area contributed by atoms with Gasteiger partial charge in [-0.15, -0.1) is 0 Å². The molecule has 0 spiro atoms. The van der Waals surface area contributed by atoms with E-state index < -0.39 is 11.9 Å². The minimum atomic E-state index is -0.603. The molecular formula is C33H36N6O6. The first-order valence-corrected chi connectivity index (χ1v) is 15.6. The number of fused-ring (bicyclic) bond motifs is 1. The number of nitrogens with zero attached hydrogens (tertiary/aromatic N) is 5. The third-order valence-electron chi connectivity index (χ3n) is 8.96. The summed E-state index contributed by atoms with van der Waals surface area (Å²) in [6, 6.07) is 15.8. The number of rotatable bonds is 9. The summed E-state index contributed by atoms with van der Waals surface area (Å²) in [6.45, 7) is 2.83. The number of hydrogen-bond donors (Lipinski definition) is 2. The molecule has 7 rings (SSSR count). The van der Waals surface area contributed by atoms with Crippen LogP contribution in [0, 0.1) is 0 Å². The van der Waals surface area contributed by atoms with E-state index >= 15 is 0 Å². The molecular weight excluding hydrogens is 576 g/mol. The van der Waals surface area contributed by atoms with Crippen LogP contribution in [0.1, 0.15) is 61.9 Å². The van der Waals surface area contributed by atoms with Crippen LogP contribution in [-0.2, 0) is 22.3 Å². The maximum Gasteiger partial charge on any atom is 0.439 e. The van der Waals surface area contributed by atoms with E-state index in [0.29, 0.717) is 37.7 Å². The molecule has 2 atom stereocenters. The van der Waals surface area contributed by atoms with Gasteiger partial charge in [-0.2, -0.15) is 10.1 Å². The van der Waals surface area contributed by atoms with Crippen LogP contribution in [0.5, 0.6) is 0 Å². The van der Waals surface area contributed by atoms with Crippen molar-refractivity contribution >= 4 is 5.78 Å². The number of aromatic amines is 1. The van der Waals surface area contributed by atoms with Gasteiger partial charge in [0, 0.05) is 23.6 Å². The van der Waals surface area contributed by atoms with Gasteiger partial charge >= 0.3 is 5.76 Å². The average Bonchev–Trinajstić information content (AvgIpc) is 3.82. The van der Waals surface area contributed by atoms with Crippen molar-refractivity contribution in [3.8, 4) is 22.5 Å². The van der Waals surface area contributed by atoms with Gasteiger partial charge in [0.05, 0.1) is 25.0 Å². The molecule has 0 amide bonds. The van der Waals surface area contributed by atoms with Crippen LogP contribution in [-0.4, -0.2) is 65.9 Å². The second kappa shape index (κ2) is 12.5. The highest BCUT2D eigenvalue weighted by atomic mass is 16.6. The fourth-order valence-corrected chi connectivity index (χ4v) is 6.71. The van der Waals surface area contributed by atoms with Gasteiger partial charge in [0.1, 0.15) is 18.5 Å². The molecule has 12 nitrogen and oxygen atoms in total. The van der Waals surface area contributed by atoms with Crippen LogP contribution in [0.4, 0.5) is 0 Å². The van der Waals surface area contributed by atoms with E-state index in [0.717, 1.165) is 65.6 Å². The molecule has 4 heterocycles. The Morgan fingerprint density at radius 3 is 2.49 bits per heavy atom. The molecule has 1 saturated heterocycles. The van der Waals surface area contributed by atoms with Crippen LogP contribution in [0.25, 0.3) is 28.3 Å². The maximum atomic E-state index is 14.3. The number of ether oxygens (including phenoxy) is 2. The summed E-state index contributed by atoms with van der Waals surface area (Å²) in [5.74, 6) is 0.346. The molecule has 2 aromatic carbocycles. The van der Waals surface area contributed by atoms with Gasteiger partial charge in [0.15, 0.2) is 5.82 Å². The quantitative estimate of drug-likeness (QED) is 0.254. The Morgan fingerprint density at radius 2 is 1.80 bits per heavy atom. The number of hydrogen-bond acceptors (Lipinski definition) is 9. The minimum absolute atomic E-state index is 0.0210. The van der Waals surface area contributed by atoms with Crippen molar-refractivity contribution in [1.82, 2.24) is 29.3 Å². The number of aromatic nitrogens is 6. The molecule has 2 aliphatic rings. The van der Waals surface area contributed by atoms with Gasteiger partial charge in [-0.1, -0.05) is 67.0 Å². The predicted octanol–water partition coefficient (Wildman–Crippen LogP) is 3.70. The molecule has 234 valence electrons. The fraction of sp³-hybridized carbons (Fsp3) is 0.424. The Bertz CT molecular complexity index is 1900. The summed E-state index contributed by atoms with van der Waals surface area (Å²) in [7, 11) is 0. The second-order valence-corrected chi connectivity index (χ2v) is 11.9. The Morgan fingerprint density at radius 1 is 1.02 bits per heavy atom. The van der Waals surface area contributed by atoms with Crippen molar-refractivity contribution in [1.29, 1.82) is 0 Å². The van der Waals surface area contributed by atoms with Crippen LogP contribution in [0.15, 0.2) is 69.0 Å². The number of H-pyrrole nitrogens is 1. The van der Waals surface area contributed by atoms with Crippen LogP contribution in [0.3, 0.4) is 0 Å². The molecule has 5 aromatic rings. The first kappa shape index (κ1) is 29.3. The van der Waals surface area contributed by atoms with Gasteiger partial charge in [-0.3, -0.25) is 18.9 Å². The number of aryl methyl sites for hydroxylation is 1. The topological polar surface area (TPSA) is 150 Å². The molecule has 2 fully saturated rings. The van der Waals surface area contributed by atoms with Crippen molar-refractivity contribution in [2.24, 2.45) is 0 Å². The minimum Gasteiger partial charge on any atom is -0.388 e. The fourth-order valence-electron chi connectivity index (χ4n) is 6.71. The zero-order valence-electron chi connectivity index (χ0n) is 25.1. The zero-order valence-corrected chi connectivity index (χ0v) is 25.1. The van der Waals surface area contributed by atoms with Crippen LogP contribution in [0.2, 0.25) is 0 Å². The molecule has 1 aliphatic carbocycles. The normalized spacial score (nSPS) is 21.9. The Kier molecular flexibility index (Phi) is 8.18. The van der Waals surface area contributed by atoms with E-state index in [1.54, 1.807) is 0 Å². The van der Waals surface area contributed by atoms with E-state index in [1.807, 2.05) is 57.6 Å². The lowest BCUT2D eigenvalue weighted by Crippen LogP contribution is -2.37. The van der Waals surface area contributed by atoms with E-state index in [9.17, 15) is 14.7 Å². The van der Waals surface area contributed by atoms with Gasteiger partial charge in [-0.05, 0) is 48.8 Å². The molecule has 1 aliphatic heterocycles. The molecule has 1 saturated carbocycles. The van der Waals surface area contributed by atoms with Crippen molar-refractivity contribution < 1.29 is 19.1 Å². The van der Waals surface area contributed by atoms with E-state index in [-0.39, 0.29) is 23.8 Å². The Hall–Kier alpha value is -4.39. The predicted molar refractivity (Wildman–Crippen MR) is 165 cm³/mol.